The zero-order valence-electron chi connectivity index (χ0n) is 18.1. The summed E-state index contributed by atoms with van der Waals surface area (Å²) >= 11 is 0. The van der Waals surface area contributed by atoms with Gasteiger partial charge in [0.2, 0.25) is 0 Å². The van der Waals surface area contributed by atoms with Gasteiger partial charge in [-0.05, 0) is 50.1 Å². The second-order valence-corrected chi connectivity index (χ2v) is 7.87. The van der Waals surface area contributed by atoms with Crippen molar-refractivity contribution >= 4 is 22.4 Å². The normalized spacial score (nSPS) is 11.1. The fraction of sp³-hybridized carbons (Fsp3) is 0.208. The van der Waals surface area contributed by atoms with Crippen LogP contribution in [-0.2, 0) is 19.5 Å². The van der Waals surface area contributed by atoms with Crippen molar-refractivity contribution in [2.75, 3.05) is 0 Å². The Morgan fingerprint density at radius 1 is 1.12 bits per heavy atom. The maximum atomic E-state index is 13.1. The van der Waals surface area contributed by atoms with Crippen molar-refractivity contribution in [1.29, 1.82) is 0 Å². The largest absolute Gasteiger partial charge is 0.348 e. The molecule has 0 saturated carbocycles. The Balaban J connectivity index is 1.55. The molecule has 0 aliphatic rings. The summed E-state index contributed by atoms with van der Waals surface area (Å²) in [6.07, 6.45) is 1.92. The molecule has 0 unspecified atom stereocenters. The van der Waals surface area contributed by atoms with E-state index in [1.54, 1.807) is 18.2 Å². The first-order valence-corrected chi connectivity index (χ1v) is 10.3. The van der Waals surface area contributed by atoms with Gasteiger partial charge in [0.15, 0.2) is 5.78 Å². The van der Waals surface area contributed by atoms with Gasteiger partial charge in [-0.2, -0.15) is 0 Å². The number of non-ortho nitro benzene ring substituents is 1. The minimum atomic E-state index is -0.554. The van der Waals surface area contributed by atoms with Crippen LogP contribution in [0.1, 0.15) is 27.3 Å². The molecule has 0 aliphatic heterocycles. The second-order valence-electron chi connectivity index (χ2n) is 7.87. The lowest BCUT2D eigenvalue weighted by Gasteiger charge is -2.10. The summed E-state index contributed by atoms with van der Waals surface area (Å²) in [4.78, 5) is 40.3. The van der Waals surface area contributed by atoms with Gasteiger partial charge in [-0.3, -0.25) is 24.3 Å². The van der Waals surface area contributed by atoms with Crippen LogP contribution in [0.15, 0.2) is 59.7 Å². The maximum Gasteiger partial charge on any atom is 0.271 e. The molecule has 0 N–H and O–H groups in total. The Kier molecular flexibility index (Phi) is 5.87. The number of hydrogen-bond acceptors (Lipinski definition) is 5. The van der Waals surface area contributed by atoms with Crippen LogP contribution in [0.3, 0.4) is 0 Å². The highest BCUT2D eigenvalue weighted by molar-refractivity contribution is 5.97. The number of Topliss-reactive ketones (excluding diaryl/α,β-unsaturated/α-hetero) is 1. The number of nitrogens with zero attached hydrogens (tertiary/aromatic N) is 4. The van der Waals surface area contributed by atoms with Gasteiger partial charge < -0.3 is 4.57 Å². The smallest absolute Gasteiger partial charge is 0.271 e. The Bertz CT molecular complexity index is 1440. The van der Waals surface area contributed by atoms with E-state index < -0.39 is 10.5 Å². The molecule has 0 spiro atoms. The molecule has 0 fully saturated rings. The molecule has 2 heterocycles. The van der Waals surface area contributed by atoms with Crippen molar-refractivity contribution in [3.05, 3.63) is 104 Å². The molecule has 0 bridgehead atoms. The third kappa shape index (κ3) is 4.43. The van der Waals surface area contributed by atoms with Gasteiger partial charge in [-0.25, -0.2) is 9.37 Å². The van der Waals surface area contributed by atoms with E-state index in [1.165, 1.54) is 41.2 Å². The Morgan fingerprint density at radius 2 is 1.85 bits per heavy atom. The number of ketones is 1. The van der Waals surface area contributed by atoms with Crippen LogP contribution in [0, 0.1) is 29.8 Å². The molecule has 168 valence electrons. The first-order valence-electron chi connectivity index (χ1n) is 10.3. The SMILES string of the molecule is Cc1cc(C(=O)Cn2cnc3cc([N+](=O)[O-])ccc3c2=O)c(C)n1CCc1ccc(F)cc1. The molecule has 33 heavy (non-hydrogen) atoms. The Morgan fingerprint density at radius 3 is 2.55 bits per heavy atom. The quantitative estimate of drug-likeness (QED) is 0.242. The van der Waals surface area contributed by atoms with Gasteiger partial charge in [-0.15, -0.1) is 0 Å². The maximum absolute atomic E-state index is 13.1. The standard InChI is InChI=1S/C24H21FN4O4/c1-15-11-21(16(2)28(15)10-9-17-3-5-18(25)6-4-17)23(30)13-27-14-26-22-12-19(29(32)33)7-8-20(22)24(27)31/h3-8,11-12,14H,9-10,13H2,1-2H3. The van der Waals surface area contributed by atoms with Crippen molar-refractivity contribution in [1.82, 2.24) is 14.1 Å². The molecule has 9 heteroatoms. The molecular formula is C24H21FN4O4. The van der Waals surface area contributed by atoms with Crippen LogP contribution >= 0.6 is 0 Å². The van der Waals surface area contributed by atoms with E-state index in [2.05, 4.69) is 4.98 Å². The molecule has 2 aromatic heterocycles. The summed E-state index contributed by atoms with van der Waals surface area (Å²) in [7, 11) is 0. The van der Waals surface area contributed by atoms with Gasteiger partial charge in [-0.1, -0.05) is 12.1 Å². The molecule has 0 saturated heterocycles. The number of aromatic nitrogens is 3. The monoisotopic (exact) mass is 448 g/mol. The van der Waals surface area contributed by atoms with E-state index in [1.807, 2.05) is 18.4 Å². The van der Waals surface area contributed by atoms with Gasteiger partial charge in [0.25, 0.3) is 11.2 Å². The molecule has 0 amide bonds. The van der Waals surface area contributed by atoms with E-state index in [-0.39, 0.29) is 34.7 Å². The van der Waals surface area contributed by atoms with Crippen LogP contribution in [-0.4, -0.2) is 24.8 Å². The van der Waals surface area contributed by atoms with E-state index in [0.29, 0.717) is 18.5 Å². The van der Waals surface area contributed by atoms with Crippen molar-refractivity contribution < 1.29 is 14.1 Å². The number of aryl methyl sites for hydroxylation is 2. The van der Waals surface area contributed by atoms with Crippen LogP contribution in [0.5, 0.6) is 0 Å². The number of nitro benzene ring substituents is 1. The van der Waals surface area contributed by atoms with Crippen LogP contribution in [0.2, 0.25) is 0 Å². The van der Waals surface area contributed by atoms with Gasteiger partial charge in [0, 0.05) is 35.6 Å². The number of rotatable bonds is 7. The molecule has 4 rings (SSSR count). The van der Waals surface area contributed by atoms with Crippen LogP contribution < -0.4 is 5.56 Å². The van der Waals surface area contributed by atoms with Gasteiger partial charge in [0.05, 0.1) is 28.7 Å². The Labute approximate surface area is 188 Å². The first kappa shape index (κ1) is 22.1. The zero-order valence-corrected chi connectivity index (χ0v) is 18.1. The number of nitro groups is 1. The number of hydrogen-bond donors (Lipinski definition) is 0. The van der Waals surface area contributed by atoms with Gasteiger partial charge >= 0.3 is 0 Å². The molecule has 8 nitrogen and oxygen atoms in total. The molecule has 0 atom stereocenters. The predicted molar refractivity (Wildman–Crippen MR) is 121 cm³/mol. The van der Waals surface area contributed by atoms with Crippen molar-refractivity contribution in [3.63, 3.8) is 0 Å². The highest BCUT2D eigenvalue weighted by Crippen LogP contribution is 2.19. The van der Waals surface area contributed by atoms with Crippen molar-refractivity contribution in [3.8, 4) is 0 Å². The number of fused-ring (bicyclic) bond motifs is 1. The summed E-state index contributed by atoms with van der Waals surface area (Å²) in [6, 6.07) is 12.0. The number of carbonyl (C=O) groups excluding carboxylic acids is 1. The average Bonchev–Trinajstić information content (AvgIpc) is 3.08. The van der Waals surface area contributed by atoms with Crippen molar-refractivity contribution in [2.24, 2.45) is 0 Å². The van der Waals surface area contributed by atoms with E-state index in [4.69, 9.17) is 0 Å². The summed E-state index contributed by atoms with van der Waals surface area (Å²) in [5, 5.41) is 11.1. The molecule has 2 aromatic carbocycles. The third-order valence-electron chi connectivity index (χ3n) is 5.74. The minimum Gasteiger partial charge on any atom is -0.348 e. The minimum absolute atomic E-state index is 0.156. The van der Waals surface area contributed by atoms with Gasteiger partial charge in [0.1, 0.15) is 5.82 Å². The lowest BCUT2D eigenvalue weighted by atomic mass is 10.1. The van der Waals surface area contributed by atoms with E-state index >= 15 is 0 Å². The molecular weight excluding hydrogens is 427 g/mol. The predicted octanol–water partition coefficient (Wildman–Crippen LogP) is 3.99. The summed E-state index contributed by atoms with van der Waals surface area (Å²) in [5.74, 6) is -0.516. The average molecular weight is 448 g/mol. The molecule has 0 aliphatic carbocycles. The summed E-state index contributed by atoms with van der Waals surface area (Å²) in [5.41, 5.74) is 2.82. The Hall–Kier alpha value is -4.14. The highest BCUT2D eigenvalue weighted by atomic mass is 19.1. The molecule has 0 radical (unpaired) electrons. The summed E-state index contributed by atoms with van der Waals surface area (Å²) < 4.78 is 16.3. The fourth-order valence-corrected chi connectivity index (χ4v) is 3.93. The highest BCUT2D eigenvalue weighted by Gasteiger charge is 2.18. The zero-order chi connectivity index (χ0) is 23.7. The third-order valence-corrected chi connectivity index (χ3v) is 5.74. The van der Waals surface area contributed by atoms with Crippen LogP contribution in [0.4, 0.5) is 10.1 Å². The van der Waals surface area contributed by atoms with Crippen molar-refractivity contribution in [2.45, 2.75) is 33.4 Å². The van der Waals surface area contributed by atoms with E-state index in [9.17, 15) is 24.1 Å². The van der Waals surface area contributed by atoms with E-state index in [0.717, 1.165) is 17.0 Å². The second kappa shape index (κ2) is 8.78. The number of halogens is 1. The first-order chi connectivity index (χ1) is 15.7. The lowest BCUT2D eigenvalue weighted by molar-refractivity contribution is -0.384. The lowest BCUT2D eigenvalue weighted by Crippen LogP contribution is -2.25. The number of carbonyl (C=O) groups is 1. The topological polar surface area (TPSA) is 100 Å². The summed E-state index contributed by atoms with van der Waals surface area (Å²) in [6.45, 7) is 4.20. The molecule has 4 aromatic rings. The fourth-order valence-electron chi connectivity index (χ4n) is 3.93. The van der Waals surface area contributed by atoms with Crippen LogP contribution in [0.25, 0.3) is 10.9 Å². The number of benzene rings is 2.